The van der Waals surface area contributed by atoms with Gasteiger partial charge >= 0.3 is 5.97 Å². The number of carbonyl (C=O) groups excluding carboxylic acids is 1. The zero-order valence-electron chi connectivity index (χ0n) is 16.2. The average Bonchev–Trinajstić information content (AvgIpc) is 3.18. The fourth-order valence-corrected chi connectivity index (χ4v) is 4.77. The third-order valence-corrected chi connectivity index (χ3v) is 6.11. The Morgan fingerprint density at radius 3 is 2.36 bits per heavy atom. The highest BCUT2D eigenvalue weighted by atomic mass is 35.5. The molecule has 150 valence electrons. The summed E-state index contributed by atoms with van der Waals surface area (Å²) in [6, 6.07) is 6.04. The third-order valence-electron chi connectivity index (χ3n) is 5.48. The lowest BCUT2D eigenvalue weighted by atomic mass is 9.88. The number of carbonyl (C=O) groups is 1. The summed E-state index contributed by atoms with van der Waals surface area (Å²) in [5.74, 6) is 0.0452. The van der Waals surface area contributed by atoms with Crippen LogP contribution in [0.1, 0.15) is 62.6 Å². The fourth-order valence-electron chi connectivity index (χ4n) is 4.20. The molecule has 2 unspecified atom stereocenters. The quantitative estimate of drug-likeness (QED) is 0.671. The summed E-state index contributed by atoms with van der Waals surface area (Å²) in [6.07, 6.45) is 3.84. The molecule has 2 aromatic rings. The third kappa shape index (κ3) is 3.68. The van der Waals surface area contributed by atoms with Gasteiger partial charge in [-0.15, -0.1) is 0 Å². The normalized spacial score (nSPS) is 24.4. The van der Waals surface area contributed by atoms with Crippen LogP contribution in [-0.4, -0.2) is 29.3 Å². The van der Waals surface area contributed by atoms with Crippen LogP contribution in [0.15, 0.2) is 22.7 Å². The first-order valence-electron chi connectivity index (χ1n) is 9.65. The molecule has 2 aliphatic heterocycles. The van der Waals surface area contributed by atoms with Crippen molar-refractivity contribution in [3.63, 3.8) is 0 Å². The van der Waals surface area contributed by atoms with Gasteiger partial charge in [0.05, 0.1) is 10.0 Å². The molecule has 0 saturated carbocycles. The van der Waals surface area contributed by atoms with Crippen LogP contribution in [0.5, 0.6) is 0 Å². The molecule has 7 heteroatoms. The molecule has 3 heterocycles. The van der Waals surface area contributed by atoms with E-state index < -0.39 is 11.4 Å². The minimum absolute atomic E-state index is 0.108. The molecule has 3 atom stereocenters. The van der Waals surface area contributed by atoms with Gasteiger partial charge in [0, 0.05) is 23.1 Å². The highest BCUT2D eigenvalue weighted by molar-refractivity contribution is 6.39. The SMILES string of the molecule is CC(C)(C)c1onc(-c2c(Cl)cccc2Cl)c1C(=O)OC1CC2CC[C@H](C1)N2. The fraction of sp³-hybridized carbons (Fsp3) is 0.524. The van der Waals surface area contributed by atoms with Gasteiger partial charge in [0.15, 0.2) is 5.76 Å². The van der Waals surface area contributed by atoms with Gasteiger partial charge in [0.2, 0.25) is 0 Å². The summed E-state index contributed by atoms with van der Waals surface area (Å²) in [5, 5.41) is 8.56. The molecule has 28 heavy (non-hydrogen) atoms. The Kier molecular flexibility index (Phi) is 5.19. The maximum atomic E-state index is 13.3. The highest BCUT2D eigenvalue weighted by Crippen LogP contribution is 2.40. The van der Waals surface area contributed by atoms with E-state index in [1.54, 1.807) is 18.2 Å². The van der Waals surface area contributed by atoms with Crippen LogP contribution < -0.4 is 5.32 Å². The van der Waals surface area contributed by atoms with Gasteiger partial charge in [-0.3, -0.25) is 0 Å². The maximum Gasteiger partial charge on any atom is 0.344 e. The van der Waals surface area contributed by atoms with E-state index >= 15 is 0 Å². The van der Waals surface area contributed by atoms with Gasteiger partial charge < -0.3 is 14.6 Å². The minimum atomic E-state index is -0.430. The van der Waals surface area contributed by atoms with Crippen LogP contribution in [0.4, 0.5) is 0 Å². The number of hydrogen-bond donors (Lipinski definition) is 1. The lowest BCUT2D eigenvalue weighted by Gasteiger charge is -2.29. The lowest BCUT2D eigenvalue weighted by Crippen LogP contribution is -2.42. The van der Waals surface area contributed by atoms with Gasteiger partial charge in [-0.25, -0.2) is 4.79 Å². The van der Waals surface area contributed by atoms with E-state index in [0.717, 1.165) is 25.7 Å². The van der Waals surface area contributed by atoms with Crippen LogP contribution >= 0.6 is 23.2 Å². The van der Waals surface area contributed by atoms with Gasteiger partial charge in [-0.1, -0.05) is 55.2 Å². The number of benzene rings is 1. The number of nitrogens with one attached hydrogen (secondary N) is 1. The van der Waals surface area contributed by atoms with Crippen LogP contribution in [0.25, 0.3) is 11.3 Å². The standard InChI is InChI=1S/C21H24Cl2N2O3/c1-21(2,3)19-17(18(25-28-19)16-14(22)5-4-6-15(16)23)20(26)27-13-9-11-7-8-12(10-13)24-11/h4-6,11-13,24H,7-10H2,1-3H3/t11-,12?,13?/m1/s1. The number of fused-ring (bicyclic) bond motifs is 2. The summed E-state index contributed by atoms with van der Waals surface area (Å²) in [4.78, 5) is 13.3. The molecule has 2 saturated heterocycles. The molecule has 0 amide bonds. The van der Waals surface area contributed by atoms with Crippen molar-refractivity contribution in [2.24, 2.45) is 0 Å². The molecule has 1 aromatic carbocycles. The number of esters is 1. The van der Waals surface area contributed by atoms with Crippen molar-refractivity contribution < 1.29 is 14.1 Å². The number of rotatable bonds is 3. The Bertz CT molecular complexity index is 871. The number of nitrogens with zero attached hydrogens (tertiary/aromatic N) is 1. The van der Waals surface area contributed by atoms with Crippen molar-refractivity contribution >= 4 is 29.2 Å². The van der Waals surface area contributed by atoms with Crippen molar-refractivity contribution in [1.82, 2.24) is 10.5 Å². The molecule has 4 rings (SSSR count). The van der Waals surface area contributed by atoms with Gasteiger partial charge in [-0.2, -0.15) is 0 Å². The minimum Gasteiger partial charge on any atom is -0.459 e. The molecule has 2 fully saturated rings. The van der Waals surface area contributed by atoms with E-state index in [1.807, 2.05) is 20.8 Å². The van der Waals surface area contributed by atoms with E-state index in [-0.39, 0.29) is 6.10 Å². The summed E-state index contributed by atoms with van der Waals surface area (Å²) >= 11 is 12.8. The van der Waals surface area contributed by atoms with Crippen molar-refractivity contribution in [3.05, 3.63) is 39.6 Å². The van der Waals surface area contributed by atoms with E-state index in [1.165, 1.54) is 0 Å². The van der Waals surface area contributed by atoms with E-state index in [4.69, 9.17) is 32.5 Å². The zero-order valence-corrected chi connectivity index (χ0v) is 17.7. The molecule has 5 nitrogen and oxygen atoms in total. The predicted molar refractivity (Wildman–Crippen MR) is 109 cm³/mol. The second-order valence-corrected chi connectivity index (χ2v) is 9.53. The molecule has 2 bridgehead atoms. The van der Waals surface area contributed by atoms with E-state index in [0.29, 0.717) is 44.7 Å². The Morgan fingerprint density at radius 2 is 1.79 bits per heavy atom. The summed E-state index contributed by atoms with van der Waals surface area (Å²) < 4.78 is 11.5. The topological polar surface area (TPSA) is 64.4 Å². The Balaban J connectivity index is 1.72. The van der Waals surface area contributed by atoms with E-state index in [2.05, 4.69) is 10.5 Å². The van der Waals surface area contributed by atoms with Gasteiger partial charge in [-0.05, 0) is 37.8 Å². The molecule has 2 aliphatic rings. The van der Waals surface area contributed by atoms with Gasteiger partial charge in [0.1, 0.15) is 17.4 Å². The summed E-state index contributed by atoms with van der Waals surface area (Å²) in [7, 11) is 0. The molecule has 1 N–H and O–H groups in total. The first-order chi connectivity index (χ1) is 13.2. The molecule has 0 radical (unpaired) electrons. The largest absolute Gasteiger partial charge is 0.459 e. The predicted octanol–water partition coefficient (Wildman–Crippen LogP) is 5.39. The van der Waals surface area contributed by atoms with E-state index in [9.17, 15) is 4.79 Å². The number of halogens is 2. The van der Waals surface area contributed by atoms with Gasteiger partial charge in [0.25, 0.3) is 0 Å². The number of piperidine rings is 1. The molecular weight excluding hydrogens is 399 g/mol. The first kappa shape index (κ1) is 19.7. The van der Waals surface area contributed by atoms with Crippen molar-refractivity contribution in [2.75, 3.05) is 0 Å². The Labute approximate surface area is 174 Å². The van der Waals surface area contributed by atoms with Crippen LogP contribution in [0.2, 0.25) is 10.0 Å². The lowest BCUT2D eigenvalue weighted by molar-refractivity contribution is 0.0174. The summed E-state index contributed by atoms with van der Waals surface area (Å²) in [6.45, 7) is 5.90. The smallest absolute Gasteiger partial charge is 0.344 e. The number of aromatic nitrogens is 1. The number of ether oxygens (including phenoxy) is 1. The second kappa shape index (κ2) is 7.36. The Morgan fingerprint density at radius 1 is 1.18 bits per heavy atom. The Hall–Kier alpha value is -1.56. The zero-order chi connectivity index (χ0) is 20.1. The molecule has 1 aromatic heterocycles. The monoisotopic (exact) mass is 422 g/mol. The van der Waals surface area contributed by atoms with Crippen molar-refractivity contribution in [1.29, 1.82) is 0 Å². The van der Waals surface area contributed by atoms with Crippen LogP contribution in [-0.2, 0) is 10.2 Å². The first-order valence-corrected chi connectivity index (χ1v) is 10.4. The van der Waals surface area contributed by atoms with Crippen LogP contribution in [0, 0.1) is 0 Å². The number of hydrogen-bond acceptors (Lipinski definition) is 5. The highest BCUT2D eigenvalue weighted by Gasteiger charge is 2.38. The maximum absolute atomic E-state index is 13.3. The average molecular weight is 423 g/mol. The van der Waals surface area contributed by atoms with Crippen molar-refractivity contribution in [2.45, 2.75) is 70.1 Å². The molecule has 0 aliphatic carbocycles. The summed E-state index contributed by atoms with van der Waals surface area (Å²) in [5.41, 5.74) is 0.707. The van der Waals surface area contributed by atoms with Crippen molar-refractivity contribution in [3.8, 4) is 11.3 Å². The second-order valence-electron chi connectivity index (χ2n) is 8.72. The molecule has 0 spiro atoms. The molecular formula is C21H24Cl2N2O3. The van der Waals surface area contributed by atoms with Crippen LogP contribution in [0.3, 0.4) is 0 Å².